The minimum absolute atomic E-state index is 0.121. The highest BCUT2D eigenvalue weighted by atomic mass is 16.1. The van der Waals surface area contributed by atoms with Gasteiger partial charge in [0.25, 0.3) is 0 Å². The summed E-state index contributed by atoms with van der Waals surface area (Å²) in [6.07, 6.45) is 5.55. The maximum absolute atomic E-state index is 10.9. The first-order chi connectivity index (χ1) is 6.22. The summed E-state index contributed by atoms with van der Waals surface area (Å²) in [5, 5.41) is 2.84. The normalized spacial score (nSPS) is 10.0. The van der Waals surface area contributed by atoms with Crippen molar-refractivity contribution in [1.82, 2.24) is 9.88 Å². The van der Waals surface area contributed by atoms with E-state index in [1.165, 1.54) is 5.56 Å². The van der Waals surface area contributed by atoms with Crippen molar-refractivity contribution in [2.75, 3.05) is 6.54 Å². The van der Waals surface area contributed by atoms with Gasteiger partial charge in [0.05, 0.1) is 0 Å². The van der Waals surface area contributed by atoms with Gasteiger partial charge in [-0.15, -0.1) is 0 Å². The van der Waals surface area contributed by atoms with E-state index in [-0.39, 0.29) is 5.91 Å². The summed E-state index contributed by atoms with van der Waals surface area (Å²) in [6, 6.07) is 2.07. The van der Waals surface area contributed by atoms with E-state index in [1.807, 2.05) is 24.7 Å². The summed E-state index contributed by atoms with van der Waals surface area (Å²) in [5.41, 5.74) is 1.26. The van der Waals surface area contributed by atoms with E-state index in [4.69, 9.17) is 0 Å². The van der Waals surface area contributed by atoms with Gasteiger partial charge in [0.1, 0.15) is 0 Å². The Bertz CT molecular complexity index is 278. The van der Waals surface area contributed by atoms with Crippen LogP contribution in [0.1, 0.15) is 18.9 Å². The Labute approximate surface area is 78.8 Å². The molecular weight excluding hydrogens is 164 g/mol. The molecule has 0 fully saturated rings. The molecule has 1 heterocycles. The number of hydrogen-bond acceptors (Lipinski definition) is 1. The van der Waals surface area contributed by atoms with E-state index in [9.17, 15) is 4.79 Å². The van der Waals surface area contributed by atoms with Gasteiger partial charge in [0, 0.05) is 32.4 Å². The van der Waals surface area contributed by atoms with Crippen LogP contribution in [0.3, 0.4) is 0 Å². The van der Waals surface area contributed by atoms with E-state index >= 15 is 0 Å². The van der Waals surface area contributed by atoms with E-state index in [2.05, 4.69) is 17.6 Å². The Morgan fingerprint density at radius 2 is 2.38 bits per heavy atom. The molecule has 0 saturated heterocycles. The number of carbonyl (C=O) groups is 1. The van der Waals surface area contributed by atoms with Crippen LogP contribution in [0.5, 0.6) is 0 Å². The number of amides is 1. The maximum atomic E-state index is 10.9. The number of carbonyl (C=O) groups excluding carboxylic acids is 1. The summed E-state index contributed by atoms with van der Waals surface area (Å²) >= 11 is 0. The second-order valence-corrected chi connectivity index (χ2v) is 3.14. The molecule has 13 heavy (non-hydrogen) atoms. The first-order valence-corrected chi connectivity index (χ1v) is 4.60. The van der Waals surface area contributed by atoms with Crippen LogP contribution in [0, 0.1) is 0 Å². The SMILES string of the molecule is CCC(=O)NCCc1ccn(C)c1. The summed E-state index contributed by atoms with van der Waals surface area (Å²) in [7, 11) is 1.99. The number of rotatable bonds is 4. The summed E-state index contributed by atoms with van der Waals surface area (Å²) in [5.74, 6) is 0.121. The lowest BCUT2D eigenvalue weighted by atomic mass is 10.2. The highest BCUT2D eigenvalue weighted by molar-refractivity contribution is 5.75. The Morgan fingerprint density at radius 3 is 2.92 bits per heavy atom. The van der Waals surface area contributed by atoms with E-state index in [1.54, 1.807) is 0 Å². The average molecular weight is 180 g/mol. The fourth-order valence-electron chi connectivity index (χ4n) is 1.18. The zero-order chi connectivity index (χ0) is 9.68. The van der Waals surface area contributed by atoms with Crippen LogP contribution >= 0.6 is 0 Å². The zero-order valence-corrected chi connectivity index (χ0v) is 8.21. The van der Waals surface area contributed by atoms with E-state index in [0.717, 1.165) is 13.0 Å². The van der Waals surface area contributed by atoms with Crippen molar-refractivity contribution >= 4 is 5.91 Å². The lowest BCUT2D eigenvalue weighted by Crippen LogP contribution is -2.24. The molecule has 0 bridgehead atoms. The van der Waals surface area contributed by atoms with Crippen molar-refractivity contribution in [1.29, 1.82) is 0 Å². The van der Waals surface area contributed by atoms with Crippen molar-refractivity contribution in [3.05, 3.63) is 24.0 Å². The molecule has 72 valence electrons. The Kier molecular flexibility index (Phi) is 3.55. The van der Waals surface area contributed by atoms with Crippen LogP contribution < -0.4 is 5.32 Å². The molecule has 1 aromatic rings. The summed E-state index contributed by atoms with van der Waals surface area (Å²) < 4.78 is 2.01. The third-order valence-corrected chi connectivity index (χ3v) is 1.95. The largest absolute Gasteiger partial charge is 0.357 e. The Balaban J connectivity index is 2.24. The Hall–Kier alpha value is -1.25. The lowest BCUT2D eigenvalue weighted by Gasteiger charge is -2.00. The second-order valence-electron chi connectivity index (χ2n) is 3.14. The number of hydrogen-bond donors (Lipinski definition) is 1. The number of nitrogens with one attached hydrogen (secondary N) is 1. The monoisotopic (exact) mass is 180 g/mol. The van der Waals surface area contributed by atoms with Gasteiger partial charge in [-0.05, 0) is 18.1 Å². The minimum atomic E-state index is 0.121. The average Bonchev–Trinajstić information content (AvgIpc) is 2.51. The van der Waals surface area contributed by atoms with Crippen LogP contribution in [0.4, 0.5) is 0 Å². The van der Waals surface area contributed by atoms with Crippen molar-refractivity contribution < 1.29 is 4.79 Å². The van der Waals surface area contributed by atoms with Crippen molar-refractivity contribution in [2.45, 2.75) is 19.8 Å². The smallest absolute Gasteiger partial charge is 0.219 e. The molecule has 3 heteroatoms. The predicted molar refractivity (Wildman–Crippen MR) is 52.4 cm³/mol. The molecule has 0 unspecified atom stereocenters. The second kappa shape index (κ2) is 4.70. The fourth-order valence-corrected chi connectivity index (χ4v) is 1.18. The van der Waals surface area contributed by atoms with Gasteiger partial charge in [-0.3, -0.25) is 4.79 Å². The number of aromatic nitrogens is 1. The topological polar surface area (TPSA) is 34.0 Å². The fraction of sp³-hybridized carbons (Fsp3) is 0.500. The molecule has 1 rings (SSSR count). The molecule has 0 spiro atoms. The van der Waals surface area contributed by atoms with Gasteiger partial charge in [-0.1, -0.05) is 6.92 Å². The van der Waals surface area contributed by atoms with Gasteiger partial charge in [-0.2, -0.15) is 0 Å². The summed E-state index contributed by atoms with van der Waals surface area (Å²) in [6.45, 7) is 2.59. The summed E-state index contributed by atoms with van der Waals surface area (Å²) in [4.78, 5) is 10.9. The molecule has 0 aromatic carbocycles. The van der Waals surface area contributed by atoms with Crippen molar-refractivity contribution in [2.24, 2.45) is 7.05 Å². The number of nitrogens with zero attached hydrogens (tertiary/aromatic N) is 1. The third kappa shape index (κ3) is 3.32. The molecule has 3 nitrogen and oxygen atoms in total. The molecule has 0 aliphatic rings. The quantitative estimate of drug-likeness (QED) is 0.739. The van der Waals surface area contributed by atoms with Crippen LogP contribution in [-0.2, 0) is 18.3 Å². The van der Waals surface area contributed by atoms with Gasteiger partial charge in [-0.25, -0.2) is 0 Å². The lowest BCUT2D eigenvalue weighted by molar-refractivity contribution is -0.120. The Morgan fingerprint density at radius 1 is 1.62 bits per heavy atom. The molecule has 0 aliphatic heterocycles. The molecule has 1 N–H and O–H groups in total. The minimum Gasteiger partial charge on any atom is -0.357 e. The van der Waals surface area contributed by atoms with Crippen molar-refractivity contribution in [3.63, 3.8) is 0 Å². The van der Waals surface area contributed by atoms with Gasteiger partial charge in [0.15, 0.2) is 0 Å². The molecular formula is C10H16N2O. The zero-order valence-electron chi connectivity index (χ0n) is 8.21. The van der Waals surface area contributed by atoms with Crippen molar-refractivity contribution in [3.8, 4) is 0 Å². The van der Waals surface area contributed by atoms with Gasteiger partial charge < -0.3 is 9.88 Å². The molecule has 0 saturated carbocycles. The standard InChI is InChI=1S/C10H16N2O/c1-3-10(13)11-6-4-9-5-7-12(2)8-9/h5,7-8H,3-4,6H2,1-2H3,(H,11,13). The molecule has 0 atom stereocenters. The van der Waals surface area contributed by atoms with Crippen LogP contribution in [0.15, 0.2) is 18.5 Å². The van der Waals surface area contributed by atoms with Gasteiger partial charge >= 0.3 is 0 Å². The highest BCUT2D eigenvalue weighted by Crippen LogP contribution is 1.99. The van der Waals surface area contributed by atoms with E-state index < -0.39 is 0 Å². The predicted octanol–water partition coefficient (Wildman–Crippen LogP) is 1.09. The number of aryl methyl sites for hydroxylation is 1. The molecule has 1 aromatic heterocycles. The maximum Gasteiger partial charge on any atom is 0.219 e. The first-order valence-electron chi connectivity index (χ1n) is 4.60. The van der Waals surface area contributed by atoms with Gasteiger partial charge in [0.2, 0.25) is 5.91 Å². The first kappa shape index (κ1) is 9.84. The van der Waals surface area contributed by atoms with Crippen LogP contribution in [0.2, 0.25) is 0 Å². The van der Waals surface area contributed by atoms with Crippen LogP contribution in [0.25, 0.3) is 0 Å². The van der Waals surface area contributed by atoms with Crippen LogP contribution in [-0.4, -0.2) is 17.0 Å². The molecule has 0 radical (unpaired) electrons. The third-order valence-electron chi connectivity index (χ3n) is 1.95. The van der Waals surface area contributed by atoms with E-state index in [0.29, 0.717) is 6.42 Å². The highest BCUT2D eigenvalue weighted by Gasteiger charge is 1.97. The molecule has 0 aliphatic carbocycles. The molecule has 1 amide bonds.